The third-order valence-electron chi connectivity index (χ3n) is 6.05. The highest BCUT2D eigenvalue weighted by atomic mass is 32.1. The van der Waals surface area contributed by atoms with Gasteiger partial charge in [0.2, 0.25) is 5.91 Å². The normalized spacial score (nSPS) is 13.7. The van der Waals surface area contributed by atoms with E-state index in [1.165, 1.54) is 16.5 Å². The van der Waals surface area contributed by atoms with Gasteiger partial charge in [-0.1, -0.05) is 36.4 Å². The van der Waals surface area contributed by atoms with Crippen molar-refractivity contribution in [3.05, 3.63) is 88.1 Å². The van der Waals surface area contributed by atoms with E-state index >= 15 is 0 Å². The topological polar surface area (TPSA) is 51.0 Å². The van der Waals surface area contributed by atoms with Gasteiger partial charge in [-0.3, -0.25) is 9.48 Å². The zero-order valence-electron chi connectivity index (χ0n) is 19.2. The monoisotopic (exact) mass is 472 g/mol. The first-order chi connectivity index (χ1) is 16.5. The van der Waals surface area contributed by atoms with Crippen molar-refractivity contribution in [3.8, 4) is 22.5 Å². The second kappa shape index (κ2) is 9.35. The average molecular weight is 473 g/mol. The molecule has 0 aliphatic carbocycles. The first-order valence-electron chi connectivity index (χ1n) is 11.3. The van der Waals surface area contributed by atoms with Crippen molar-refractivity contribution in [1.82, 2.24) is 19.7 Å². The second-order valence-corrected chi connectivity index (χ2v) is 9.73. The van der Waals surface area contributed by atoms with Crippen molar-refractivity contribution in [2.45, 2.75) is 26.8 Å². The van der Waals surface area contributed by atoms with Gasteiger partial charge in [-0.25, -0.2) is 9.37 Å². The lowest BCUT2D eigenvalue weighted by Crippen LogP contribution is -2.37. The number of carbonyl (C=O) groups excluding carboxylic acids is 1. The van der Waals surface area contributed by atoms with Crippen LogP contribution in [0.2, 0.25) is 0 Å². The fraction of sp³-hybridized carbons (Fsp3) is 0.222. The summed E-state index contributed by atoms with van der Waals surface area (Å²) >= 11 is 1.69. The highest BCUT2D eigenvalue weighted by Gasteiger charge is 2.22. The summed E-state index contributed by atoms with van der Waals surface area (Å²) in [6.45, 7) is 5.16. The first kappa shape index (κ1) is 22.2. The Hall–Kier alpha value is -3.58. The van der Waals surface area contributed by atoms with E-state index in [4.69, 9.17) is 5.10 Å². The number of hydrogen-bond donors (Lipinski definition) is 0. The Morgan fingerprint density at radius 2 is 1.91 bits per heavy atom. The minimum atomic E-state index is -0.243. The van der Waals surface area contributed by atoms with Crippen LogP contribution in [0.25, 0.3) is 28.1 Å². The Morgan fingerprint density at radius 3 is 2.59 bits per heavy atom. The zero-order chi connectivity index (χ0) is 23.7. The Bertz CT molecular complexity index is 1370. The van der Waals surface area contributed by atoms with Gasteiger partial charge in [0.25, 0.3) is 0 Å². The maximum atomic E-state index is 13.8. The maximum absolute atomic E-state index is 13.8. The van der Waals surface area contributed by atoms with Crippen LogP contribution in [0.5, 0.6) is 0 Å². The highest BCUT2D eigenvalue weighted by molar-refractivity contribution is 7.12. The molecular weight excluding hydrogens is 447 g/mol. The summed E-state index contributed by atoms with van der Waals surface area (Å²) in [5, 5.41) is 5.79. The maximum Gasteiger partial charge on any atom is 0.244 e. The molecule has 0 spiro atoms. The number of benzene rings is 2. The smallest absolute Gasteiger partial charge is 0.244 e. The summed E-state index contributed by atoms with van der Waals surface area (Å²) in [6, 6.07) is 16.8. The molecule has 0 radical (unpaired) electrons. The van der Waals surface area contributed by atoms with Crippen LogP contribution in [0.4, 0.5) is 4.39 Å². The lowest BCUT2D eigenvalue weighted by Gasteiger charge is -2.26. The number of aromatic nitrogens is 3. The third kappa shape index (κ3) is 4.56. The molecule has 1 aliphatic rings. The molecule has 0 unspecified atom stereocenters. The van der Waals surface area contributed by atoms with E-state index in [-0.39, 0.29) is 18.3 Å². The molecule has 5 nitrogen and oxygen atoms in total. The molecule has 34 heavy (non-hydrogen) atoms. The van der Waals surface area contributed by atoms with Crippen molar-refractivity contribution in [2.24, 2.45) is 0 Å². The van der Waals surface area contributed by atoms with Gasteiger partial charge in [0.1, 0.15) is 17.4 Å². The number of halogens is 1. The van der Waals surface area contributed by atoms with Crippen molar-refractivity contribution >= 4 is 22.8 Å². The zero-order valence-corrected chi connectivity index (χ0v) is 20.0. The molecule has 0 N–H and O–H groups in total. The fourth-order valence-corrected chi connectivity index (χ4v) is 4.98. The minimum absolute atomic E-state index is 0.0211. The van der Waals surface area contributed by atoms with Crippen LogP contribution in [-0.4, -0.2) is 38.7 Å². The standard InChI is InChI=1S/C27H25FN4OS/c1-18-14-22(8-9-23(18)28)24-15-25(20-6-4-3-5-7-20)32(30-24)17-26(33)31-12-10-21(11-13-31)27-29-16-19(2)34-27/h3-10,14-16H,11-13,17H2,1-2H3. The van der Waals surface area contributed by atoms with Crippen molar-refractivity contribution in [1.29, 1.82) is 0 Å². The second-order valence-electron chi connectivity index (χ2n) is 8.50. The summed E-state index contributed by atoms with van der Waals surface area (Å²) in [6.07, 6.45) is 4.79. The number of aryl methyl sites for hydroxylation is 2. The third-order valence-corrected chi connectivity index (χ3v) is 7.03. The van der Waals surface area contributed by atoms with E-state index in [2.05, 4.69) is 18.0 Å². The molecule has 0 saturated heterocycles. The molecule has 2 aromatic carbocycles. The van der Waals surface area contributed by atoms with Crippen LogP contribution in [0.3, 0.4) is 0 Å². The molecule has 2 aromatic heterocycles. The molecule has 3 heterocycles. The molecule has 1 amide bonds. The molecule has 0 bridgehead atoms. The first-order valence-corrected chi connectivity index (χ1v) is 12.1. The van der Waals surface area contributed by atoms with Crippen LogP contribution < -0.4 is 0 Å². The van der Waals surface area contributed by atoms with Crippen molar-refractivity contribution in [2.75, 3.05) is 13.1 Å². The van der Waals surface area contributed by atoms with Gasteiger partial charge in [0, 0.05) is 29.7 Å². The SMILES string of the molecule is Cc1cnc(C2=CCN(C(=O)Cn3nc(-c4ccc(F)c(C)c4)cc3-c3ccccc3)CC2)s1. The van der Waals surface area contributed by atoms with E-state index < -0.39 is 0 Å². The summed E-state index contributed by atoms with van der Waals surface area (Å²) in [7, 11) is 0. The Kier molecular flexibility index (Phi) is 6.11. The van der Waals surface area contributed by atoms with Crippen molar-refractivity contribution < 1.29 is 9.18 Å². The molecule has 0 saturated carbocycles. The van der Waals surface area contributed by atoms with Crippen LogP contribution in [0.15, 0.2) is 66.9 Å². The number of amides is 1. The molecule has 0 atom stereocenters. The number of thiazole rings is 1. The van der Waals surface area contributed by atoms with Gasteiger partial charge in [-0.15, -0.1) is 11.3 Å². The summed E-state index contributed by atoms with van der Waals surface area (Å²) in [5.41, 5.74) is 5.16. The summed E-state index contributed by atoms with van der Waals surface area (Å²) in [5.74, 6) is -0.222. The summed E-state index contributed by atoms with van der Waals surface area (Å²) < 4.78 is 15.6. The van der Waals surface area contributed by atoms with Gasteiger partial charge in [-0.05, 0) is 61.2 Å². The molecule has 4 aromatic rings. The highest BCUT2D eigenvalue weighted by Crippen LogP contribution is 2.29. The Morgan fingerprint density at radius 1 is 1.09 bits per heavy atom. The van der Waals surface area contributed by atoms with Crippen LogP contribution >= 0.6 is 11.3 Å². The molecule has 7 heteroatoms. The molecular formula is C27H25FN4OS. The Balaban J connectivity index is 1.40. The molecule has 172 valence electrons. The van der Waals surface area contributed by atoms with Crippen LogP contribution in [0, 0.1) is 19.7 Å². The van der Waals surface area contributed by atoms with Crippen molar-refractivity contribution in [3.63, 3.8) is 0 Å². The molecule has 0 fully saturated rings. The van der Waals surface area contributed by atoms with E-state index in [0.29, 0.717) is 18.7 Å². The molecule has 5 rings (SSSR count). The van der Waals surface area contributed by atoms with Gasteiger partial charge in [-0.2, -0.15) is 5.10 Å². The van der Waals surface area contributed by atoms with Gasteiger partial charge in [0.05, 0.1) is 11.4 Å². The van der Waals surface area contributed by atoms with E-state index in [0.717, 1.165) is 33.9 Å². The minimum Gasteiger partial charge on any atom is -0.337 e. The van der Waals surface area contributed by atoms with E-state index in [1.807, 2.05) is 47.5 Å². The number of nitrogens with zero attached hydrogens (tertiary/aromatic N) is 4. The lowest BCUT2D eigenvalue weighted by molar-refractivity contribution is -0.131. The number of rotatable bonds is 5. The number of hydrogen-bond acceptors (Lipinski definition) is 4. The van der Waals surface area contributed by atoms with Crippen LogP contribution in [0.1, 0.15) is 21.9 Å². The predicted octanol–water partition coefficient (Wildman–Crippen LogP) is 5.75. The fourth-order valence-electron chi connectivity index (χ4n) is 4.14. The van der Waals surface area contributed by atoms with E-state index in [9.17, 15) is 9.18 Å². The van der Waals surface area contributed by atoms with Gasteiger partial charge in [0.15, 0.2) is 0 Å². The lowest BCUT2D eigenvalue weighted by atomic mass is 10.1. The Labute approximate surface area is 202 Å². The summed E-state index contributed by atoms with van der Waals surface area (Å²) in [4.78, 5) is 20.7. The number of carbonyl (C=O) groups is 1. The average Bonchev–Trinajstić information content (AvgIpc) is 3.48. The van der Waals surface area contributed by atoms with Crippen LogP contribution in [-0.2, 0) is 11.3 Å². The van der Waals surface area contributed by atoms with E-state index in [1.54, 1.807) is 35.1 Å². The quantitative estimate of drug-likeness (QED) is 0.372. The van der Waals surface area contributed by atoms with Gasteiger partial charge < -0.3 is 4.90 Å². The largest absolute Gasteiger partial charge is 0.337 e. The van der Waals surface area contributed by atoms with Gasteiger partial charge >= 0.3 is 0 Å². The predicted molar refractivity (Wildman–Crippen MR) is 134 cm³/mol. The molecule has 1 aliphatic heterocycles.